The van der Waals surface area contributed by atoms with Crippen molar-refractivity contribution in [2.24, 2.45) is 0 Å². The third-order valence-electron chi connectivity index (χ3n) is 1.85. The Balaban J connectivity index is 0.000000396. The van der Waals surface area contributed by atoms with Crippen molar-refractivity contribution in [2.75, 3.05) is 0 Å². The Hall–Kier alpha value is -0.530. The van der Waals surface area contributed by atoms with Crippen LogP contribution in [0, 0.1) is 0 Å². The van der Waals surface area contributed by atoms with Gasteiger partial charge in [0.15, 0.2) is 0 Å². The van der Waals surface area contributed by atoms with Gasteiger partial charge in [-0.15, -0.1) is 0 Å². The van der Waals surface area contributed by atoms with Crippen molar-refractivity contribution in [1.29, 1.82) is 0 Å². The van der Waals surface area contributed by atoms with Crippen LogP contribution in [0.15, 0.2) is 0 Å². The van der Waals surface area contributed by atoms with E-state index in [-0.39, 0.29) is 0 Å². The Morgan fingerprint density at radius 3 is 2.00 bits per heavy atom. The largest absolute Gasteiger partial charge is 0.481 e. The summed E-state index contributed by atoms with van der Waals surface area (Å²) in [6.45, 7) is 2.15. The molecule has 78 valence electrons. The quantitative estimate of drug-likeness (QED) is 0.643. The van der Waals surface area contributed by atoms with Crippen molar-refractivity contribution >= 4 is 5.97 Å². The molecule has 1 fully saturated rings. The third kappa shape index (κ3) is 18.4. The highest BCUT2D eigenvalue weighted by molar-refractivity contribution is 5.66. The molecule has 1 N–H and O–H groups in total. The fraction of sp³-hybridized carbons (Fsp3) is 0.909. The number of carboxylic acids is 1. The summed E-state index contributed by atoms with van der Waals surface area (Å²) >= 11 is 0. The van der Waals surface area contributed by atoms with E-state index in [0.717, 1.165) is 12.8 Å². The van der Waals surface area contributed by atoms with Gasteiger partial charge in [-0.25, -0.2) is 0 Å². The highest BCUT2D eigenvalue weighted by atomic mass is 16.4. The topological polar surface area (TPSA) is 37.3 Å². The van der Waals surface area contributed by atoms with Crippen LogP contribution in [-0.2, 0) is 4.79 Å². The molecule has 0 aromatic heterocycles. The second-order valence-electron chi connectivity index (χ2n) is 3.62. The van der Waals surface area contributed by atoms with E-state index >= 15 is 0 Å². The lowest BCUT2D eigenvalue weighted by Gasteiger charge is -1.95. The molecule has 0 unspecified atom stereocenters. The SMILES string of the molecule is C1CC1.CCCCCCCC(=O)O. The van der Waals surface area contributed by atoms with Gasteiger partial charge in [0.25, 0.3) is 0 Å². The Kier molecular flexibility index (Phi) is 9.17. The van der Waals surface area contributed by atoms with Gasteiger partial charge in [0.05, 0.1) is 0 Å². The van der Waals surface area contributed by atoms with Crippen LogP contribution in [0.1, 0.15) is 64.7 Å². The zero-order valence-electron chi connectivity index (χ0n) is 8.72. The zero-order chi connectivity index (χ0) is 9.94. The lowest BCUT2D eigenvalue weighted by molar-refractivity contribution is -0.137. The summed E-state index contributed by atoms with van der Waals surface area (Å²) in [6, 6.07) is 0. The van der Waals surface area contributed by atoms with Gasteiger partial charge in [0.2, 0.25) is 0 Å². The van der Waals surface area contributed by atoms with Crippen LogP contribution in [0.25, 0.3) is 0 Å². The lowest BCUT2D eigenvalue weighted by Crippen LogP contribution is -1.93. The van der Waals surface area contributed by atoms with Crippen LogP contribution in [0.2, 0.25) is 0 Å². The number of aliphatic carboxylic acids is 1. The molecule has 2 heteroatoms. The fourth-order valence-corrected chi connectivity index (χ4v) is 0.880. The molecule has 0 heterocycles. The molecule has 1 rings (SSSR count). The highest BCUT2D eigenvalue weighted by Crippen LogP contribution is 2.14. The monoisotopic (exact) mass is 186 g/mol. The smallest absolute Gasteiger partial charge is 0.303 e. The van der Waals surface area contributed by atoms with Gasteiger partial charge in [-0.2, -0.15) is 0 Å². The molecular weight excluding hydrogens is 164 g/mol. The number of carboxylic acid groups (broad SMARTS) is 1. The van der Waals surface area contributed by atoms with Crippen LogP contribution >= 0.6 is 0 Å². The normalized spacial score (nSPS) is 13.0. The first-order chi connectivity index (χ1) is 6.27. The molecule has 1 saturated carbocycles. The van der Waals surface area contributed by atoms with Crippen molar-refractivity contribution in [3.05, 3.63) is 0 Å². The van der Waals surface area contributed by atoms with Gasteiger partial charge in [0.1, 0.15) is 0 Å². The Labute approximate surface area is 81.3 Å². The average molecular weight is 186 g/mol. The number of rotatable bonds is 6. The summed E-state index contributed by atoms with van der Waals surface area (Å²) in [5.41, 5.74) is 0. The maximum atomic E-state index is 10.0. The van der Waals surface area contributed by atoms with Crippen molar-refractivity contribution in [3.63, 3.8) is 0 Å². The second-order valence-corrected chi connectivity index (χ2v) is 3.62. The van der Waals surface area contributed by atoms with Crippen molar-refractivity contribution in [3.8, 4) is 0 Å². The van der Waals surface area contributed by atoms with Crippen LogP contribution in [0.4, 0.5) is 0 Å². The number of carbonyl (C=O) groups is 1. The molecular formula is C11H22O2. The van der Waals surface area contributed by atoms with Gasteiger partial charge in [-0.05, 0) is 6.42 Å². The average Bonchev–Trinajstić information content (AvgIpc) is 2.89. The Bertz CT molecular complexity index is 117. The molecule has 13 heavy (non-hydrogen) atoms. The summed E-state index contributed by atoms with van der Waals surface area (Å²) in [4.78, 5) is 10.0. The summed E-state index contributed by atoms with van der Waals surface area (Å²) in [6.07, 6.45) is 10.4. The summed E-state index contributed by atoms with van der Waals surface area (Å²) in [5, 5.41) is 8.27. The summed E-state index contributed by atoms with van der Waals surface area (Å²) in [5.74, 6) is -0.670. The molecule has 1 aliphatic rings. The Morgan fingerprint density at radius 2 is 1.62 bits per heavy atom. The molecule has 0 saturated heterocycles. The minimum Gasteiger partial charge on any atom is -0.481 e. The van der Waals surface area contributed by atoms with E-state index in [4.69, 9.17) is 5.11 Å². The van der Waals surface area contributed by atoms with E-state index in [1.807, 2.05) is 0 Å². The van der Waals surface area contributed by atoms with E-state index < -0.39 is 5.97 Å². The third-order valence-corrected chi connectivity index (χ3v) is 1.85. The number of unbranched alkanes of at least 4 members (excludes halogenated alkanes) is 4. The van der Waals surface area contributed by atoms with Gasteiger partial charge in [-0.1, -0.05) is 51.9 Å². The fourth-order valence-electron chi connectivity index (χ4n) is 0.880. The summed E-state index contributed by atoms with van der Waals surface area (Å²) in [7, 11) is 0. The highest BCUT2D eigenvalue weighted by Gasteiger charge is 1.95. The van der Waals surface area contributed by atoms with Crippen LogP contribution in [-0.4, -0.2) is 11.1 Å². The predicted octanol–water partition coefficient (Wildman–Crippen LogP) is 3.60. The van der Waals surface area contributed by atoms with Crippen LogP contribution in [0.5, 0.6) is 0 Å². The van der Waals surface area contributed by atoms with E-state index in [2.05, 4.69) is 6.92 Å². The molecule has 2 nitrogen and oxygen atoms in total. The second kappa shape index (κ2) is 9.56. The molecule has 0 spiro atoms. The van der Waals surface area contributed by atoms with Gasteiger partial charge < -0.3 is 5.11 Å². The molecule has 0 aromatic rings. The van der Waals surface area contributed by atoms with E-state index in [1.165, 1.54) is 38.5 Å². The van der Waals surface area contributed by atoms with E-state index in [1.54, 1.807) is 0 Å². The van der Waals surface area contributed by atoms with Crippen molar-refractivity contribution in [1.82, 2.24) is 0 Å². The molecule has 0 atom stereocenters. The lowest BCUT2D eigenvalue weighted by atomic mass is 10.1. The maximum Gasteiger partial charge on any atom is 0.303 e. The molecule has 0 radical (unpaired) electrons. The first-order valence-electron chi connectivity index (χ1n) is 5.49. The summed E-state index contributed by atoms with van der Waals surface area (Å²) < 4.78 is 0. The van der Waals surface area contributed by atoms with Gasteiger partial charge >= 0.3 is 5.97 Å². The van der Waals surface area contributed by atoms with Crippen molar-refractivity contribution in [2.45, 2.75) is 64.7 Å². The maximum absolute atomic E-state index is 10.0. The van der Waals surface area contributed by atoms with Gasteiger partial charge in [-0.3, -0.25) is 4.79 Å². The van der Waals surface area contributed by atoms with Crippen LogP contribution < -0.4 is 0 Å². The predicted molar refractivity (Wildman–Crippen MR) is 54.9 cm³/mol. The number of hydrogen-bond donors (Lipinski definition) is 1. The van der Waals surface area contributed by atoms with E-state index in [9.17, 15) is 4.79 Å². The van der Waals surface area contributed by atoms with Gasteiger partial charge in [0, 0.05) is 6.42 Å². The molecule has 0 aromatic carbocycles. The molecule has 0 bridgehead atoms. The Morgan fingerprint density at radius 1 is 1.08 bits per heavy atom. The number of hydrogen-bond acceptors (Lipinski definition) is 1. The van der Waals surface area contributed by atoms with Crippen molar-refractivity contribution < 1.29 is 9.90 Å². The molecule has 0 aliphatic heterocycles. The molecule has 0 amide bonds. The standard InChI is InChI=1S/C8H16O2.C3H6/c1-2-3-4-5-6-7-8(9)10;1-2-3-1/h2-7H2,1H3,(H,9,10);1-3H2. The zero-order valence-corrected chi connectivity index (χ0v) is 8.72. The minimum atomic E-state index is -0.670. The van der Waals surface area contributed by atoms with Crippen LogP contribution in [0.3, 0.4) is 0 Å². The minimum absolute atomic E-state index is 0.337. The molecule has 1 aliphatic carbocycles. The first-order valence-corrected chi connectivity index (χ1v) is 5.49. The van der Waals surface area contributed by atoms with E-state index in [0.29, 0.717) is 6.42 Å². The first kappa shape index (κ1) is 12.5.